The van der Waals surface area contributed by atoms with E-state index in [0.717, 1.165) is 0 Å². The van der Waals surface area contributed by atoms with Gasteiger partial charge in [-0.15, -0.1) is 0 Å². The summed E-state index contributed by atoms with van der Waals surface area (Å²) < 4.78 is 8.30. The van der Waals surface area contributed by atoms with Crippen molar-refractivity contribution in [2.75, 3.05) is 13.2 Å². The molecule has 0 aromatic heterocycles. The van der Waals surface area contributed by atoms with Gasteiger partial charge in [0.15, 0.2) is 6.61 Å². The van der Waals surface area contributed by atoms with E-state index in [0.29, 0.717) is 17.5 Å². The molecule has 1 heterocycles. The minimum Gasteiger partial charge on any atom is -0.484 e. The lowest BCUT2D eigenvalue weighted by molar-refractivity contribution is -0.134. The minimum absolute atomic E-state index is 0.261. The second-order valence-electron chi connectivity index (χ2n) is 4.85. The molecule has 0 bridgehead atoms. The highest BCUT2D eigenvalue weighted by Crippen LogP contribution is 2.28. The van der Waals surface area contributed by atoms with Gasteiger partial charge < -0.3 is 20.1 Å². The number of hydrogen-bond donors (Lipinski definition) is 2. The van der Waals surface area contributed by atoms with Gasteiger partial charge in [0.25, 0.3) is 5.91 Å². The maximum Gasteiger partial charge on any atom is 0.369 e. The largest absolute Gasteiger partial charge is 0.484 e. The number of carbonyl (C=O) groups is 3. The zero-order chi connectivity index (χ0) is 18.4. The first-order valence-electron chi connectivity index (χ1n) is 6.92. The van der Waals surface area contributed by atoms with Crippen molar-refractivity contribution in [3.05, 3.63) is 30.3 Å². The van der Waals surface area contributed by atoms with Gasteiger partial charge in [-0.05, 0) is 23.9 Å². The molecule has 1 aliphatic rings. The van der Waals surface area contributed by atoms with Crippen molar-refractivity contribution < 1.29 is 23.9 Å². The zero-order valence-electron chi connectivity index (χ0n) is 12.5. The highest BCUT2D eigenvalue weighted by molar-refractivity contribution is 8.13. The Kier molecular flexibility index (Phi) is 7.06. The van der Waals surface area contributed by atoms with Crippen LogP contribution in [0, 0.1) is 0 Å². The summed E-state index contributed by atoms with van der Waals surface area (Å²) in [6, 6.07) is 7.86. The fourth-order valence-corrected chi connectivity index (χ4v) is 2.75. The molecule has 0 radical (unpaired) electrons. The smallest absolute Gasteiger partial charge is 0.369 e. The molecule has 1 aromatic rings. The van der Waals surface area contributed by atoms with Crippen LogP contribution in [0.5, 0.6) is 5.75 Å². The van der Waals surface area contributed by atoms with Crippen molar-refractivity contribution in [1.29, 1.82) is 0 Å². The molecule has 1 saturated heterocycles. The number of hydrogen-bond acceptors (Lipinski definition) is 6. The zero-order valence-corrected chi connectivity index (χ0v) is 15.6. The molecule has 136 valence electrons. The summed E-state index contributed by atoms with van der Waals surface area (Å²) in [6.45, 7) is -0.686. The lowest BCUT2D eigenvalue weighted by Gasteiger charge is -2.35. The predicted octanol–water partition coefficient (Wildman–Crippen LogP) is 2.25. The van der Waals surface area contributed by atoms with Gasteiger partial charge in [0.1, 0.15) is 23.8 Å². The van der Waals surface area contributed by atoms with Crippen LogP contribution in [-0.2, 0) is 14.3 Å². The standard InChI is InChI=1S/C14H13Cl3N2O5S/c15-14(16,17)7-24-13(22)25-12-10(11(21)19-12)18-9(20)6-23-8-4-2-1-3-5-8/h1-5,10,12H,6-7H2,(H,18,20)(H,19,21). The van der Waals surface area contributed by atoms with Gasteiger partial charge in [-0.1, -0.05) is 53.0 Å². The first kappa shape index (κ1) is 20.0. The number of amides is 2. The quantitative estimate of drug-likeness (QED) is 0.411. The van der Waals surface area contributed by atoms with E-state index in [2.05, 4.69) is 10.6 Å². The molecule has 11 heteroatoms. The SMILES string of the molecule is O=C(COc1ccccc1)NC1C(=O)NC1SC(=O)OCC(Cl)(Cl)Cl. The van der Waals surface area contributed by atoms with Crippen molar-refractivity contribution in [2.45, 2.75) is 15.2 Å². The van der Waals surface area contributed by atoms with E-state index in [1.54, 1.807) is 24.3 Å². The fourth-order valence-electron chi connectivity index (χ4n) is 1.75. The Balaban J connectivity index is 1.75. The topological polar surface area (TPSA) is 93.7 Å². The van der Waals surface area contributed by atoms with Gasteiger partial charge in [0.05, 0.1) is 0 Å². The number of benzene rings is 1. The maximum atomic E-state index is 11.9. The number of β-lactam (4-membered cyclic amide) rings is 1. The molecule has 7 nitrogen and oxygen atoms in total. The van der Waals surface area contributed by atoms with E-state index in [1.165, 1.54) is 0 Å². The first-order chi connectivity index (χ1) is 11.7. The number of carbonyl (C=O) groups excluding carboxylic acids is 3. The number of para-hydroxylation sites is 1. The normalized spacial score (nSPS) is 19.4. The average molecular weight is 428 g/mol. The Morgan fingerprint density at radius 2 is 1.92 bits per heavy atom. The van der Waals surface area contributed by atoms with E-state index >= 15 is 0 Å². The fraction of sp³-hybridized carbons (Fsp3) is 0.357. The summed E-state index contributed by atoms with van der Waals surface area (Å²) in [6.07, 6.45) is 0. The summed E-state index contributed by atoms with van der Waals surface area (Å²) in [5, 5.41) is 3.54. The highest BCUT2D eigenvalue weighted by atomic mass is 35.6. The molecule has 2 N–H and O–H groups in total. The monoisotopic (exact) mass is 426 g/mol. The van der Waals surface area contributed by atoms with Crippen molar-refractivity contribution in [3.8, 4) is 5.75 Å². The van der Waals surface area contributed by atoms with Crippen molar-refractivity contribution >= 4 is 63.7 Å². The summed E-state index contributed by atoms with van der Waals surface area (Å²) >= 11 is 17.1. The summed E-state index contributed by atoms with van der Waals surface area (Å²) in [5.41, 5.74) is 0. The molecule has 0 saturated carbocycles. The Labute approximate surface area is 162 Å². The predicted molar refractivity (Wildman–Crippen MR) is 95.0 cm³/mol. The number of nitrogens with one attached hydrogen (secondary N) is 2. The molecule has 0 aliphatic carbocycles. The highest BCUT2D eigenvalue weighted by Gasteiger charge is 2.43. The van der Waals surface area contributed by atoms with Crippen LogP contribution in [0.1, 0.15) is 0 Å². The number of ether oxygens (including phenoxy) is 2. The van der Waals surface area contributed by atoms with Crippen LogP contribution in [0.15, 0.2) is 30.3 Å². The number of thioether (sulfide) groups is 1. The third-order valence-electron chi connectivity index (χ3n) is 2.88. The molecular formula is C14H13Cl3N2O5S. The van der Waals surface area contributed by atoms with E-state index in [4.69, 9.17) is 44.3 Å². The summed E-state index contributed by atoms with van der Waals surface area (Å²) in [4.78, 5) is 35.0. The van der Waals surface area contributed by atoms with Crippen LogP contribution >= 0.6 is 46.6 Å². The van der Waals surface area contributed by atoms with Crippen LogP contribution in [0.3, 0.4) is 0 Å². The third-order valence-corrected chi connectivity index (χ3v) is 4.16. The summed E-state index contributed by atoms with van der Waals surface area (Å²) in [5.74, 6) is -0.388. The lowest BCUT2D eigenvalue weighted by atomic mass is 10.1. The molecule has 1 aliphatic heterocycles. The van der Waals surface area contributed by atoms with Crippen LogP contribution in [0.2, 0.25) is 0 Å². The molecule has 2 amide bonds. The van der Waals surface area contributed by atoms with Crippen LogP contribution < -0.4 is 15.4 Å². The maximum absolute atomic E-state index is 11.9. The molecule has 1 fully saturated rings. The number of halogens is 3. The Bertz CT molecular complexity index is 641. The number of rotatable bonds is 6. The van der Waals surface area contributed by atoms with E-state index in [1.807, 2.05) is 6.07 Å². The molecule has 25 heavy (non-hydrogen) atoms. The van der Waals surface area contributed by atoms with Gasteiger partial charge in [-0.2, -0.15) is 0 Å². The van der Waals surface area contributed by atoms with Gasteiger partial charge in [0.2, 0.25) is 9.70 Å². The van der Waals surface area contributed by atoms with Crippen LogP contribution in [0.4, 0.5) is 4.79 Å². The molecule has 1 aromatic carbocycles. The van der Waals surface area contributed by atoms with Crippen molar-refractivity contribution in [3.63, 3.8) is 0 Å². The van der Waals surface area contributed by atoms with Gasteiger partial charge in [0, 0.05) is 0 Å². The second kappa shape index (κ2) is 8.84. The average Bonchev–Trinajstić information content (AvgIpc) is 2.56. The Hall–Kier alpha value is -1.35. The first-order valence-corrected chi connectivity index (χ1v) is 8.94. The van der Waals surface area contributed by atoms with E-state index < -0.39 is 38.9 Å². The van der Waals surface area contributed by atoms with Crippen molar-refractivity contribution in [1.82, 2.24) is 10.6 Å². The van der Waals surface area contributed by atoms with Crippen molar-refractivity contribution in [2.24, 2.45) is 0 Å². The van der Waals surface area contributed by atoms with Crippen LogP contribution in [-0.4, -0.2) is 45.5 Å². The Morgan fingerprint density at radius 3 is 2.52 bits per heavy atom. The number of alkyl halides is 3. The van der Waals surface area contributed by atoms with E-state index in [9.17, 15) is 14.4 Å². The van der Waals surface area contributed by atoms with Crippen LogP contribution in [0.25, 0.3) is 0 Å². The molecule has 2 atom stereocenters. The van der Waals surface area contributed by atoms with E-state index in [-0.39, 0.29) is 6.61 Å². The molecule has 2 unspecified atom stereocenters. The van der Waals surface area contributed by atoms with Gasteiger partial charge >= 0.3 is 5.30 Å². The summed E-state index contributed by atoms with van der Waals surface area (Å²) in [7, 11) is 0. The minimum atomic E-state index is -1.72. The Morgan fingerprint density at radius 1 is 1.24 bits per heavy atom. The molecule has 2 rings (SSSR count). The second-order valence-corrected chi connectivity index (χ2v) is 8.44. The van der Waals surface area contributed by atoms with Gasteiger partial charge in [-0.3, -0.25) is 9.59 Å². The molecular weight excluding hydrogens is 415 g/mol. The van der Waals surface area contributed by atoms with Gasteiger partial charge in [-0.25, -0.2) is 4.79 Å². The molecule has 0 spiro atoms. The lowest BCUT2D eigenvalue weighted by Crippen LogP contribution is -2.68. The third kappa shape index (κ3) is 6.81.